The number of nitrogens with zero attached hydrogens (tertiary/aromatic N) is 2. The molecule has 0 fully saturated rings. The van der Waals surface area contributed by atoms with Gasteiger partial charge < -0.3 is 4.74 Å². The van der Waals surface area contributed by atoms with Gasteiger partial charge in [0.15, 0.2) is 0 Å². The van der Waals surface area contributed by atoms with Crippen molar-refractivity contribution in [2.75, 3.05) is 6.61 Å². The lowest BCUT2D eigenvalue weighted by atomic mass is 10.0. The monoisotopic (exact) mass is 226 g/mol. The second kappa shape index (κ2) is 5.12. The maximum atomic E-state index is 6.02. The lowest BCUT2D eigenvalue weighted by Crippen LogP contribution is -2.03. The Bertz CT molecular complexity index is 364. The van der Waals surface area contributed by atoms with Crippen LogP contribution >= 0.6 is 11.6 Å². The molecule has 1 aromatic rings. The van der Waals surface area contributed by atoms with Gasteiger partial charge in [-0.05, 0) is 12.8 Å². The first kappa shape index (κ1) is 12.0. The molecule has 0 radical (unpaired) electrons. The average molecular weight is 227 g/mol. The van der Waals surface area contributed by atoms with Gasteiger partial charge >= 0.3 is 0 Å². The first-order valence-electron chi connectivity index (χ1n) is 4.90. The minimum atomic E-state index is 0.242. The lowest BCUT2D eigenvalue weighted by Gasteiger charge is -2.14. The van der Waals surface area contributed by atoms with Crippen LogP contribution in [0.25, 0.3) is 5.76 Å². The Hall–Kier alpha value is -1.09. The molecule has 0 N–H and O–H groups in total. The fourth-order valence-corrected chi connectivity index (χ4v) is 1.70. The highest BCUT2D eigenvalue weighted by molar-refractivity contribution is 6.30. The number of ether oxygens (including phenoxy) is 1. The zero-order chi connectivity index (χ0) is 11.4. The third-order valence-corrected chi connectivity index (χ3v) is 2.30. The zero-order valence-electron chi connectivity index (χ0n) is 9.25. The van der Waals surface area contributed by atoms with Crippen molar-refractivity contribution in [3.05, 3.63) is 29.3 Å². The summed E-state index contributed by atoms with van der Waals surface area (Å²) in [5.74, 6) is 0.788. The van der Waals surface area contributed by atoms with Gasteiger partial charge in [-0.1, -0.05) is 32.0 Å². The average Bonchev–Trinajstić information content (AvgIpc) is 2.17. The minimum absolute atomic E-state index is 0.242. The molecule has 0 aliphatic rings. The smallest absolute Gasteiger partial charge is 0.138 e. The van der Waals surface area contributed by atoms with Gasteiger partial charge in [-0.3, -0.25) is 0 Å². The summed E-state index contributed by atoms with van der Waals surface area (Å²) in [6.45, 7) is 10.4. The first-order valence-corrected chi connectivity index (χ1v) is 5.28. The van der Waals surface area contributed by atoms with Crippen LogP contribution in [0.5, 0.6) is 0 Å². The number of hydrogen-bond donors (Lipinski definition) is 0. The number of hydrogen-bond acceptors (Lipinski definition) is 3. The molecular formula is C11H15ClN2O. The second-order valence-corrected chi connectivity index (χ2v) is 3.80. The molecule has 15 heavy (non-hydrogen) atoms. The lowest BCUT2D eigenvalue weighted by molar-refractivity contribution is 0.297. The molecule has 0 spiro atoms. The van der Waals surface area contributed by atoms with Crippen molar-refractivity contribution in [2.45, 2.75) is 26.7 Å². The van der Waals surface area contributed by atoms with Crippen LogP contribution in [0.3, 0.4) is 0 Å². The molecule has 0 unspecified atom stereocenters. The van der Waals surface area contributed by atoms with E-state index in [-0.39, 0.29) is 5.92 Å². The summed E-state index contributed by atoms with van der Waals surface area (Å²) in [6.07, 6.45) is 1.42. The van der Waals surface area contributed by atoms with Crippen LogP contribution < -0.4 is 0 Å². The van der Waals surface area contributed by atoms with E-state index in [9.17, 15) is 0 Å². The highest BCUT2D eigenvalue weighted by Crippen LogP contribution is 2.28. The Labute approximate surface area is 95.2 Å². The van der Waals surface area contributed by atoms with Crippen molar-refractivity contribution in [1.82, 2.24) is 9.97 Å². The van der Waals surface area contributed by atoms with E-state index in [2.05, 4.69) is 16.5 Å². The van der Waals surface area contributed by atoms with Crippen molar-refractivity contribution in [3.8, 4) is 0 Å². The molecule has 1 heterocycles. The normalized spacial score (nSPS) is 10.5. The zero-order valence-corrected chi connectivity index (χ0v) is 10.0. The van der Waals surface area contributed by atoms with E-state index in [4.69, 9.17) is 16.3 Å². The molecule has 4 heteroatoms. The topological polar surface area (TPSA) is 35.0 Å². The minimum Gasteiger partial charge on any atom is -0.492 e. The van der Waals surface area contributed by atoms with Crippen LogP contribution in [-0.4, -0.2) is 16.6 Å². The molecular weight excluding hydrogens is 212 g/mol. The van der Waals surface area contributed by atoms with E-state index < -0.39 is 0 Å². The predicted octanol–water partition coefficient (Wildman–Crippen LogP) is 3.26. The van der Waals surface area contributed by atoms with Crippen molar-refractivity contribution < 1.29 is 4.74 Å². The highest BCUT2D eigenvalue weighted by atomic mass is 35.5. The van der Waals surface area contributed by atoms with Crippen LogP contribution in [0.2, 0.25) is 5.15 Å². The summed E-state index contributed by atoms with van der Waals surface area (Å²) in [7, 11) is 0. The summed E-state index contributed by atoms with van der Waals surface area (Å²) in [5, 5.41) is 0.468. The summed E-state index contributed by atoms with van der Waals surface area (Å²) in [4.78, 5) is 8.12. The molecule has 3 nitrogen and oxygen atoms in total. The number of halogens is 1. The Kier molecular flexibility index (Phi) is 4.09. The Morgan fingerprint density at radius 1 is 1.53 bits per heavy atom. The highest BCUT2D eigenvalue weighted by Gasteiger charge is 2.16. The SMILES string of the molecule is C=C(OCC)c1ncnc(Cl)c1C(C)C. The Morgan fingerprint density at radius 3 is 2.73 bits per heavy atom. The largest absolute Gasteiger partial charge is 0.492 e. The second-order valence-electron chi connectivity index (χ2n) is 3.44. The van der Waals surface area contributed by atoms with E-state index in [0.717, 1.165) is 5.56 Å². The summed E-state index contributed by atoms with van der Waals surface area (Å²) >= 11 is 6.02. The molecule has 0 atom stereocenters. The molecule has 82 valence electrons. The molecule has 0 aliphatic heterocycles. The fraction of sp³-hybridized carbons (Fsp3) is 0.455. The number of aromatic nitrogens is 2. The quantitative estimate of drug-likeness (QED) is 0.584. The maximum absolute atomic E-state index is 6.02. The van der Waals surface area contributed by atoms with Gasteiger partial charge in [-0.15, -0.1) is 0 Å². The van der Waals surface area contributed by atoms with E-state index in [0.29, 0.717) is 23.2 Å². The maximum Gasteiger partial charge on any atom is 0.138 e. The molecule has 0 aromatic carbocycles. The van der Waals surface area contributed by atoms with Crippen molar-refractivity contribution in [1.29, 1.82) is 0 Å². The fourth-order valence-electron chi connectivity index (χ4n) is 1.35. The first-order chi connectivity index (χ1) is 7.07. The van der Waals surface area contributed by atoms with Crippen LogP contribution in [0.15, 0.2) is 12.9 Å². The van der Waals surface area contributed by atoms with E-state index in [1.165, 1.54) is 6.33 Å². The van der Waals surface area contributed by atoms with Crippen LogP contribution in [0.4, 0.5) is 0 Å². The van der Waals surface area contributed by atoms with E-state index in [1.54, 1.807) is 0 Å². The molecule has 1 aromatic heterocycles. The van der Waals surface area contributed by atoms with Gasteiger partial charge in [-0.25, -0.2) is 9.97 Å². The van der Waals surface area contributed by atoms with Crippen molar-refractivity contribution >= 4 is 17.4 Å². The number of rotatable bonds is 4. The van der Waals surface area contributed by atoms with Gasteiger partial charge in [0, 0.05) is 5.56 Å². The summed E-state index contributed by atoms with van der Waals surface area (Å²) in [5.41, 5.74) is 1.59. The Balaban J connectivity index is 3.17. The summed E-state index contributed by atoms with van der Waals surface area (Å²) in [6, 6.07) is 0. The Morgan fingerprint density at radius 2 is 2.20 bits per heavy atom. The third kappa shape index (κ3) is 2.69. The molecule has 0 bridgehead atoms. The molecule has 0 saturated heterocycles. The van der Waals surface area contributed by atoms with E-state index in [1.807, 2.05) is 20.8 Å². The molecule has 0 aliphatic carbocycles. The van der Waals surface area contributed by atoms with Gasteiger partial charge in [-0.2, -0.15) is 0 Å². The standard InChI is InChI=1S/C11H15ClN2O/c1-5-15-8(4)10-9(7(2)3)11(12)14-6-13-10/h6-7H,4-5H2,1-3H3. The van der Waals surface area contributed by atoms with Gasteiger partial charge in [0.25, 0.3) is 0 Å². The van der Waals surface area contributed by atoms with Crippen LogP contribution in [0.1, 0.15) is 37.9 Å². The van der Waals surface area contributed by atoms with Crippen LogP contribution in [-0.2, 0) is 4.74 Å². The summed E-state index contributed by atoms with van der Waals surface area (Å²) < 4.78 is 5.33. The predicted molar refractivity (Wildman–Crippen MR) is 61.8 cm³/mol. The van der Waals surface area contributed by atoms with Gasteiger partial charge in [0.2, 0.25) is 0 Å². The van der Waals surface area contributed by atoms with Crippen molar-refractivity contribution in [2.24, 2.45) is 0 Å². The van der Waals surface area contributed by atoms with Crippen LogP contribution in [0, 0.1) is 0 Å². The van der Waals surface area contributed by atoms with Crippen molar-refractivity contribution in [3.63, 3.8) is 0 Å². The molecule has 0 amide bonds. The third-order valence-electron chi connectivity index (χ3n) is 2.00. The van der Waals surface area contributed by atoms with Gasteiger partial charge in [0.1, 0.15) is 22.9 Å². The molecule has 1 rings (SSSR count). The van der Waals surface area contributed by atoms with Gasteiger partial charge in [0.05, 0.1) is 6.61 Å². The molecule has 0 saturated carbocycles. The van der Waals surface area contributed by atoms with E-state index >= 15 is 0 Å².